The molecule has 0 fully saturated rings. The van der Waals surface area contributed by atoms with Crippen molar-refractivity contribution in [1.29, 1.82) is 0 Å². The predicted molar refractivity (Wildman–Crippen MR) is 59.6 cm³/mol. The van der Waals surface area contributed by atoms with E-state index in [4.69, 9.17) is 0 Å². The Kier molecular flexibility index (Phi) is 3.91. The summed E-state index contributed by atoms with van der Waals surface area (Å²) in [4.78, 5) is 31.9. The first-order valence-corrected chi connectivity index (χ1v) is 5.20. The fourth-order valence-corrected chi connectivity index (χ4v) is 1.48. The number of carbonyl (C=O) groups excluding carboxylic acids is 3. The third kappa shape index (κ3) is 2.59. The summed E-state index contributed by atoms with van der Waals surface area (Å²) in [6.45, 7) is 1.45. The van der Waals surface area contributed by atoms with Crippen LogP contribution in [0.3, 0.4) is 0 Å². The highest BCUT2D eigenvalue weighted by molar-refractivity contribution is 9.09. The van der Waals surface area contributed by atoms with E-state index in [1.807, 2.05) is 0 Å². The second-order valence-corrected chi connectivity index (χ2v) is 4.01. The SMILES string of the molecule is CC(=O)C(Br)c1ccc(C=O)c(C=O)c1. The molecule has 78 valence electrons. The molecule has 0 aliphatic rings. The van der Waals surface area contributed by atoms with Crippen molar-refractivity contribution in [3.8, 4) is 0 Å². The first-order valence-electron chi connectivity index (χ1n) is 4.29. The van der Waals surface area contributed by atoms with Crippen LogP contribution in [0.25, 0.3) is 0 Å². The number of alkyl halides is 1. The molecule has 1 aromatic rings. The van der Waals surface area contributed by atoms with Crippen molar-refractivity contribution in [1.82, 2.24) is 0 Å². The number of aldehydes is 2. The van der Waals surface area contributed by atoms with Crippen LogP contribution in [0.4, 0.5) is 0 Å². The number of Topliss-reactive ketones (excluding diaryl/α,β-unsaturated/α-hetero) is 1. The Morgan fingerprint density at radius 3 is 2.33 bits per heavy atom. The van der Waals surface area contributed by atoms with Crippen LogP contribution in [0.15, 0.2) is 18.2 Å². The van der Waals surface area contributed by atoms with Crippen LogP contribution in [0.2, 0.25) is 0 Å². The number of carbonyl (C=O) groups is 3. The van der Waals surface area contributed by atoms with E-state index < -0.39 is 4.83 Å². The fourth-order valence-electron chi connectivity index (χ4n) is 1.19. The Hall–Kier alpha value is -1.29. The van der Waals surface area contributed by atoms with Crippen LogP contribution >= 0.6 is 15.9 Å². The van der Waals surface area contributed by atoms with E-state index in [2.05, 4.69) is 15.9 Å². The van der Waals surface area contributed by atoms with Gasteiger partial charge in [-0.05, 0) is 18.6 Å². The zero-order valence-electron chi connectivity index (χ0n) is 8.07. The van der Waals surface area contributed by atoms with Crippen molar-refractivity contribution in [2.24, 2.45) is 0 Å². The predicted octanol–water partition coefficient (Wildman–Crippen LogP) is 2.34. The number of rotatable bonds is 4. The van der Waals surface area contributed by atoms with Crippen LogP contribution < -0.4 is 0 Å². The monoisotopic (exact) mass is 268 g/mol. The minimum Gasteiger partial charge on any atom is -0.298 e. The van der Waals surface area contributed by atoms with Gasteiger partial charge in [-0.25, -0.2) is 0 Å². The highest BCUT2D eigenvalue weighted by Crippen LogP contribution is 2.24. The van der Waals surface area contributed by atoms with E-state index in [0.717, 1.165) is 0 Å². The minimum absolute atomic E-state index is 0.0503. The molecule has 0 saturated heterocycles. The third-order valence-corrected chi connectivity index (χ3v) is 3.19. The summed E-state index contributed by atoms with van der Waals surface area (Å²) in [5, 5.41) is 0. The Morgan fingerprint density at radius 1 is 1.27 bits per heavy atom. The highest BCUT2D eigenvalue weighted by Gasteiger charge is 2.13. The summed E-state index contributed by atoms with van der Waals surface area (Å²) in [5.74, 6) is -0.0503. The van der Waals surface area contributed by atoms with E-state index in [0.29, 0.717) is 29.3 Å². The van der Waals surface area contributed by atoms with Gasteiger partial charge in [0.25, 0.3) is 0 Å². The molecule has 4 heteroatoms. The average molecular weight is 269 g/mol. The molecule has 0 heterocycles. The molecular formula is C11H9BrO3. The standard InChI is InChI=1S/C11H9BrO3/c1-7(15)11(12)8-2-3-9(5-13)10(4-8)6-14/h2-6,11H,1H3. The van der Waals surface area contributed by atoms with Crippen LogP contribution in [0, 0.1) is 0 Å². The number of hydrogen-bond donors (Lipinski definition) is 0. The molecule has 0 aromatic heterocycles. The molecule has 3 nitrogen and oxygen atoms in total. The lowest BCUT2D eigenvalue weighted by Gasteiger charge is -2.07. The fraction of sp³-hybridized carbons (Fsp3) is 0.182. The van der Waals surface area contributed by atoms with Gasteiger partial charge in [-0.2, -0.15) is 0 Å². The van der Waals surface area contributed by atoms with E-state index in [1.54, 1.807) is 6.07 Å². The molecule has 0 spiro atoms. The van der Waals surface area contributed by atoms with Gasteiger partial charge in [-0.1, -0.05) is 28.1 Å². The molecule has 0 aliphatic heterocycles. The normalized spacial score (nSPS) is 11.9. The number of halogens is 1. The maximum Gasteiger partial charge on any atom is 0.150 e. The summed E-state index contributed by atoms with van der Waals surface area (Å²) < 4.78 is 0. The Labute approximate surface area is 95.6 Å². The molecule has 0 amide bonds. The van der Waals surface area contributed by atoms with Gasteiger partial charge in [0.2, 0.25) is 0 Å². The maximum atomic E-state index is 11.1. The highest BCUT2D eigenvalue weighted by atomic mass is 79.9. The van der Waals surface area contributed by atoms with E-state index in [9.17, 15) is 14.4 Å². The largest absolute Gasteiger partial charge is 0.298 e. The molecule has 0 bridgehead atoms. The van der Waals surface area contributed by atoms with Gasteiger partial charge < -0.3 is 0 Å². The number of hydrogen-bond acceptors (Lipinski definition) is 3. The molecule has 0 N–H and O–H groups in total. The molecule has 1 aromatic carbocycles. The van der Waals surface area contributed by atoms with E-state index >= 15 is 0 Å². The van der Waals surface area contributed by atoms with E-state index in [-0.39, 0.29) is 5.78 Å². The average Bonchev–Trinajstić information content (AvgIpc) is 2.26. The molecule has 15 heavy (non-hydrogen) atoms. The molecule has 1 unspecified atom stereocenters. The van der Waals surface area contributed by atoms with Gasteiger partial charge in [0, 0.05) is 11.1 Å². The summed E-state index contributed by atoms with van der Waals surface area (Å²) in [6.07, 6.45) is 1.22. The Bertz CT molecular complexity index is 412. The van der Waals surface area contributed by atoms with Crippen LogP contribution in [0.1, 0.15) is 38.0 Å². The molecule has 0 saturated carbocycles. The number of benzene rings is 1. The number of ketones is 1. The van der Waals surface area contributed by atoms with Crippen molar-refractivity contribution in [2.75, 3.05) is 0 Å². The maximum absolute atomic E-state index is 11.1. The lowest BCUT2D eigenvalue weighted by atomic mass is 10.0. The summed E-state index contributed by atoms with van der Waals surface area (Å²) in [5.41, 5.74) is 1.31. The van der Waals surface area contributed by atoms with E-state index in [1.165, 1.54) is 19.1 Å². The van der Waals surface area contributed by atoms with Gasteiger partial charge in [0.1, 0.15) is 5.78 Å². The van der Waals surface area contributed by atoms with Crippen molar-refractivity contribution in [3.63, 3.8) is 0 Å². The zero-order valence-corrected chi connectivity index (χ0v) is 9.65. The molecule has 0 aliphatic carbocycles. The van der Waals surface area contributed by atoms with Crippen LogP contribution in [-0.4, -0.2) is 18.4 Å². The molecule has 1 atom stereocenters. The summed E-state index contributed by atoms with van der Waals surface area (Å²) in [7, 11) is 0. The van der Waals surface area contributed by atoms with Crippen LogP contribution in [-0.2, 0) is 4.79 Å². The van der Waals surface area contributed by atoms with Crippen molar-refractivity contribution < 1.29 is 14.4 Å². The Balaban J connectivity index is 3.18. The van der Waals surface area contributed by atoms with Crippen molar-refractivity contribution in [3.05, 3.63) is 34.9 Å². The minimum atomic E-state index is -0.433. The lowest BCUT2D eigenvalue weighted by molar-refractivity contribution is -0.116. The second-order valence-electron chi connectivity index (χ2n) is 3.10. The van der Waals surface area contributed by atoms with Gasteiger partial charge in [0.05, 0.1) is 4.83 Å². The first kappa shape index (κ1) is 11.8. The summed E-state index contributed by atoms with van der Waals surface area (Å²) >= 11 is 3.21. The topological polar surface area (TPSA) is 51.2 Å². The van der Waals surface area contributed by atoms with Crippen molar-refractivity contribution in [2.45, 2.75) is 11.8 Å². The third-order valence-electron chi connectivity index (χ3n) is 2.01. The van der Waals surface area contributed by atoms with Crippen molar-refractivity contribution >= 4 is 34.3 Å². The summed E-state index contributed by atoms with van der Waals surface area (Å²) in [6, 6.07) is 4.72. The molecular weight excluding hydrogens is 260 g/mol. The Morgan fingerprint density at radius 2 is 1.87 bits per heavy atom. The van der Waals surface area contributed by atoms with Crippen LogP contribution in [0.5, 0.6) is 0 Å². The first-order chi connectivity index (χ1) is 7.10. The second kappa shape index (κ2) is 4.98. The molecule has 0 radical (unpaired) electrons. The van der Waals surface area contributed by atoms with Gasteiger partial charge >= 0.3 is 0 Å². The lowest BCUT2D eigenvalue weighted by Crippen LogP contribution is -2.02. The quantitative estimate of drug-likeness (QED) is 0.622. The zero-order chi connectivity index (χ0) is 11.4. The smallest absolute Gasteiger partial charge is 0.150 e. The van der Waals surface area contributed by atoms with Gasteiger partial charge in [0.15, 0.2) is 12.6 Å². The van der Waals surface area contributed by atoms with Gasteiger partial charge in [-0.15, -0.1) is 0 Å². The molecule has 1 rings (SSSR count). The van der Waals surface area contributed by atoms with Gasteiger partial charge in [-0.3, -0.25) is 14.4 Å².